The molecule has 17 heteroatoms. The number of hydrogen-bond donors (Lipinski definition) is 2. The number of rotatable bonds is 11. The molecule has 4 aromatic heterocycles. The van der Waals surface area contributed by atoms with Gasteiger partial charge in [0.25, 0.3) is 10.0 Å². The molecule has 8 rings (SSSR count). The van der Waals surface area contributed by atoms with E-state index in [1.807, 2.05) is 35.1 Å². The molecule has 3 aliphatic rings. The van der Waals surface area contributed by atoms with Gasteiger partial charge in [-0.2, -0.15) is 14.3 Å². The highest BCUT2D eigenvalue weighted by Crippen LogP contribution is 2.34. The number of nitrogens with one attached hydrogen (secondary N) is 2. The number of urea groups is 1. The van der Waals surface area contributed by atoms with Gasteiger partial charge in [-0.05, 0) is 64.3 Å². The Morgan fingerprint density at radius 1 is 1.00 bits per heavy atom. The van der Waals surface area contributed by atoms with Crippen LogP contribution in [0.2, 0.25) is 0 Å². The van der Waals surface area contributed by atoms with Crippen LogP contribution in [-0.4, -0.2) is 97.1 Å². The van der Waals surface area contributed by atoms with Crippen molar-refractivity contribution in [2.45, 2.75) is 69.8 Å². The summed E-state index contributed by atoms with van der Waals surface area (Å²) in [5.41, 5.74) is 3.34. The highest BCUT2D eigenvalue weighted by atomic mass is 32.2. The Hall–Kier alpha value is -5.42. The Morgan fingerprint density at radius 2 is 1.79 bits per heavy atom. The van der Waals surface area contributed by atoms with Gasteiger partial charge < -0.3 is 10.2 Å². The van der Waals surface area contributed by atoms with E-state index in [2.05, 4.69) is 62.5 Å². The van der Waals surface area contributed by atoms with Crippen molar-refractivity contribution in [3.05, 3.63) is 66.7 Å². The van der Waals surface area contributed by atoms with Crippen molar-refractivity contribution in [3.63, 3.8) is 0 Å². The van der Waals surface area contributed by atoms with E-state index < -0.39 is 10.0 Å². The second-order valence-electron chi connectivity index (χ2n) is 14.2. The van der Waals surface area contributed by atoms with Gasteiger partial charge in [-0.25, -0.2) is 28.2 Å². The van der Waals surface area contributed by atoms with Crippen molar-refractivity contribution < 1.29 is 18.0 Å². The Balaban J connectivity index is 0.951. The molecule has 1 aliphatic carbocycles. The molecule has 1 aromatic carbocycles. The number of carbonyl (C=O) groups excluding carboxylic acids is 2. The van der Waals surface area contributed by atoms with Gasteiger partial charge in [0.05, 0.1) is 34.1 Å². The first-order chi connectivity index (χ1) is 25.5. The van der Waals surface area contributed by atoms with Gasteiger partial charge in [-0.1, -0.05) is 18.2 Å². The minimum atomic E-state index is -3.49. The maximum atomic E-state index is 12.6. The zero-order valence-corrected chi connectivity index (χ0v) is 30.7. The van der Waals surface area contributed by atoms with Crippen LogP contribution in [0.3, 0.4) is 0 Å². The highest BCUT2D eigenvalue weighted by Gasteiger charge is 2.38. The number of para-hydroxylation sites is 1. The fourth-order valence-corrected chi connectivity index (χ4v) is 8.58. The lowest BCUT2D eigenvalue weighted by Gasteiger charge is -2.37. The summed E-state index contributed by atoms with van der Waals surface area (Å²) < 4.78 is 28.3. The summed E-state index contributed by atoms with van der Waals surface area (Å²) in [4.78, 5) is 44.4. The van der Waals surface area contributed by atoms with E-state index in [1.165, 1.54) is 12.4 Å². The Labute approximate surface area is 307 Å². The molecule has 16 nitrogen and oxygen atoms in total. The van der Waals surface area contributed by atoms with Crippen molar-refractivity contribution in [2.75, 3.05) is 41.8 Å². The number of fused-ring (bicyclic) bond motifs is 1. The quantitative estimate of drug-likeness (QED) is 0.197. The molecule has 2 saturated heterocycles. The molecule has 0 radical (unpaired) electrons. The first-order valence-corrected chi connectivity index (χ1v) is 19.5. The van der Waals surface area contributed by atoms with Gasteiger partial charge in [0, 0.05) is 68.8 Å². The van der Waals surface area contributed by atoms with Crippen LogP contribution in [0, 0.1) is 0 Å². The van der Waals surface area contributed by atoms with E-state index in [0.717, 1.165) is 58.0 Å². The van der Waals surface area contributed by atoms with Gasteiger partial charge >= 0.3 is 6.03 Å². The van der Waals surface area contributed by atoms with Crippen LogP contribution in [0.1, 0.15) is 57.6 Å². The molecule has 0 unspecified atom stereocenters. The number of piperidine rings is 1. The number of imide groups is 1. The van der Waals surface area contributed by atoms with Crippen LogP contribution in [0.4, 0.5) is 27.9 Å². The highest BCUT2D eigenvalue weighted by molar-refractivity contribution is 7.90. The number of hydrogen-bond acceptors (Lipinski definition) is 12. The molecule has 0 spiro atoms. The number of aromatic nitrogens is 7. The minimum Gasteiger partial charge on any atom is -0.354 e. The fraction of sp³-hybridized carbons (Fsp3) is 0.417. The summed E-state index contributed by atoms with van der Waals surface area (Å²) in [6, 6.07) is 11.7. The van der Waals surface area contributed by atoms with Crippen molar-refractivity contribution in [1.82, 2.24) is 44.1 Å². The zero-order chi connectivity index (χ0) is 36.9. The normalized spacial score (nSPS) is 17.3. The average molecular weight is 739 g/mol. The second kappa shape index (κ2) is 13.9. The van der Waals surface area contributed by atoms with E-state index >= 15 is 0 Å². The molecule has 276 valence electrons. The molecule has 6 heterocycles. The number of amides is 3. The third-order valence-electron chi connectivity index (χ3n) is 10.1. The number of benzene rings is 1. The van der Waals surface area contributed by atoms with E-state index in [-0.39, 0.29) is 29.7 Å². The zero-order valence-electron chi connectivity index (χ0n) is 29.9. The molecule has 0 atom stereocenters. The molecule has 3 amide bonds. The summed E-state index contributed by atoms with van der Waals surface area (Å²) >= 11 is 0. The van der Waals surface area contributed by atoms with E-state index in [1.54, 1.807) is 17.2 Å². The first-order valence-electron chi connectivity index (χ1n) is 18.0. The molecule has 2 N–H and O–H groups in total. The van der Waals surface area contributed by atoms with Crippen LogP contribution < -0.4 is 20.4 Å². The van der Waals surface area contributed by atoms with E-state index in [9.17, 15) is 18.0 Å². The smallest absolute Gasteiger partial charge is 0.328 e. The summed E-state index contributed by atoms with van der Waals surface area (Å²) in [7, 11) is -1.36. The Bertz CT molecular complexity index is 2290. The monoisotopic (exact) mass is 738 g/mol. The number of anilines is 4. The van der Waals surface area contributed by atoms with Crippen LogP contribution >= 0.6 is 0 Å². The molecule has 5 aromatic rings. The predicted molar refractivity (Wildman–Crippen MR) is 200 cm³/mol. The first kappa shape index (κ1) is 34.7. The number of carbonyl (C=O) groups is 2. The van der Waals surface area contributed by atoms with Crippen LogP contribution in [0.25, 0.3) is 22.3 Å². The fourth-order valence-electron chi connectivity index (χ4n) is 7.11. The molecule has 2 aliphatic heterocycles. The Kier molecular flexibility index (Phi) is 9.06. The topological polar surface area (TPSA) is 176 Å². The van der Waals surface area contributed by atoms with E-state index in [4.69, 9.17) is 10.1 Å². The maximum absolute atomic E-state index is 12.6. The lowest BCUT2D eigenvalue weighted by atomic mass is 10.0. The third kappa shape index (κ3) is 6.93. The summed E-state index contributed by atoms with van der Waals surface area (Å²) in [6.45, 7) is 6.93. The van der Waals surface area contributed by atoms with Crippen molar-refractivity contribution >= 4 is 56.0 Å². The van der Waals surface area contributed by atoms with Crippen molar-refractivity contribution in [3.8, 4) is 11.4 Å². The molecule has 0 bridgehead atoms. The van der Waals surface area contributed by atoms with Gasteiger partial charge in [-0.15, -0.1) is 0 Å². The second-order valence-corrected chi connectivity index (χ2v) is 16.3. The lowest BCUT2D eigenvalue weighted by molar-refractivity contribution is -0.120. The van der Waals surface area contributed by atoms with Gasteiger partial charge in [-0.3, -0.25) is 24.6 Å². The summed E-state index contributed by atoms with van der Waals surface area (Å²) in [6.07, 6.45) is 9.89. The van der Waals surface area contributed by atoms with Crippen molar-refractivity contribution in [2.24, 2.45) is 0 Å². The molecular formula is C36H42N12O4S. The van der Waals surface area contributed by atoms with Crippen LogP contribution in [-0.2, 0) is 21.4 Å². The van der Waals surface area contributed by atoms with Gasteiger partial charge in [0.15, 0.2) is 11.6 Å². The largest absolute Gasteiger partial charge is 0.354 e. The summed E-state index contributed by atoms with van der Waals surface area (Å²) in [5, 5.41) is 15.5. The van der Waals surface area contributed by atoms with Gasteiger partial charge in [0.1, 0.15) is 11.6 Å². The number of nitrogens with zero attached hydrogens (tertiary/aromatic N) is 10. The average Bonchev–Trinajstić information content (AvgIpc) is 3.77. The molecule has 1 saturated carbocycles. The predicted octanol–water partition coefficient (Wildman–Crippen LogP) is 4.30. The SMILES string of the molecule is CC(C)n1nc(N2CCC(N(C)Cc3ccccc3N3CCC(=O)NC3=O)CC2)c2cnc(Nc3ccnc(-c4cnn(S(=O)(=O)C5CC5)c4)n3)cc21. The third-order valence-corrected chi connectivity index (χ3v) is 12.2. The van der Waals surface area contributed by atoms with Crippen molar-refractivity contribution in [1.29, 1.82) is 0 Å². The van der Waals surface area contributed by atoms with Crippen LogP contribution in [0.15, 0.2) is 61.2 Å². The van der Waals surface area contributed by atoms with Gasteiger partial charge in [0.2, 0.25) is 5.91 Å². The lowest BCUT2D eigenvalue weighted by Crippen LogP contribution is -2.50. The number of pyridine rings is 1. The molecule has 53 heavy (non-hydrogen) atoms. The van der Waals surface area contributed by atoms with Crippen LogP contribution in [0.5, 0.6) is 0 Å². The molecule has 3 fully saturated rings. The standard InChI is InChI=1S/C36H42N12O4S/c1-23(2)48-30-18-32(40-31-10-14-37-34(41-31)25-19-39-47(22-25)53(51,52)27-8-9-27)38-20-28(30)35(43-48)45-15-11-26(12-16-45)44(3)21-24-6-4-5-7-29(24)46-17-13-33(49)42-36(46)50/h4-7,10,14,18-20,22-23,26-27H,8-9,11-13,15-17,21H2,1-3H3,(H,42,49,50)(H,37,38,40,41). The minimum absolute atomic E-state index is 0.111. The Morgan fingerprint density at radius 3 is 2.55 bits per heavy atom. The van der Waals surface area contributed by atoms with E-state index in [0.29, 0.717) is 55.0 Å². The molecular weight excluding hydrogens is 697 g/mol. The summed E-state index contributed by atoms with van der Waals surface area (Å²) in [5.74, 6) is 2.13. The maximum Gasteiger partial charge on any atom is 0.328 e.